The van der Waals surface area contributed by atoms with Gasteiger partial charge in [-0.2, -0.15) is 0 Å². The van der Waals surface area contributed by atoms with Crippen LogP contribution in [-0.2, 0) is 0 Å². The largest absolute Gasteiger partial charge is 0.453 e. The van der Waals surface area contributed by atoms with Crippen LogP contribution in [0.15, 0.2) is 12.1 Å². The van der Waals surface area contributed by atoms with Crippen LogP contribution in [-0.4, -0.2) is 13.3 Å². The summed E-state index contributed by atoms with van der Waals surface area (Å²) in [5, 5.41) is 3.49. The highest BCUT2D eigenvalue weighted by molar-refractivity contribution is 5.54. The van der Waals surface area contributed by atoms with Gasteiger partial charge in [-0.15, -0.1) is 0 Å². The van der Waals surface area contributed by atoms with Gasteiger partial charge in [0.15, 0.2) is 11.5 Å². The Morgan fingerprint density at radius 2 is 2.13 bits per heavy atom. The van der Waals surface area contributed by atoms with Gasteiger partial charge in [-0.25, -0.2) is 0 Å². The predicted octanol–water partition coefficient (Wildman–Crippen LogP) is 2.15. The Hall–Kier alpha value is -1.22. The first kappa shape index (κ1) is 9.04. The Bertz CT molecular complexity index is 383. The summed E-state index contributed by atoms with van der Waals surface area (Å²) in [6.07, 6.45) is 2.44. The maximum atomic E-state index is 5.56. The first-order valence-electron chi connectivity index (χ1n) is 5.49. The molecular weight excluding hydrogens is 190 g/mol. The van der Waals surface area contributed by atoms with Gasteiger partial charge >= 0.3 is 0 Å². The van der Waals surface area contributed by atoms with E-state index < -0.39 is 0 Å². The minimum Gasteiger partial charge on any atom is -0.453 e. The second-order valence-corrected chi connectivity index (χ2v) is 4.19. The molecule has 15 heavy (non-hydrogen) atoms. The van der Waals surface area contributed by atoms with E-state index in [1.807, 2.05) is 0 Å². The van der Waals surface area contributed by atoms with Crippen molar-refractivity contribution in [2.24, 2.45) is 0 Å². The van der Waals surface area contributed by atoms with E-state index in [0.29, 0.717) is 12.8 Å². The van der Waals surface area contributed by atoms with Crippen molar-refractivity contribution in [3.63, 3.8) is 0 Å². The van der Waals surface area contributed by atoms with Crippen LogP contribution in [0.2, 0.25) is 0 Å². The highest BCUT2D eigenvalue weighted by Crippen LogP contribution is 2.42. The fraction of sp³-hybridized carbons (Fsp3) is 0.500. The molecule has 1 saturated heterocycles. The lowest BCUT2D eigenvalue weighted by atomic mass is 10.0. The quantitative estimate of drug-likeness (QED) is 0.762. The van der Waals surface area contributed by atoms with E-state index in [1.165, 1.54) is 18.4 Å². The second-order valence-electron chi connectivity index (χ2n) is 4.19. The molecule has 0 spiro atoms. The fourth-order valence-electron chi connectivity index (χ4n) is 2.38. The highest BCUT2D eigenvalue weighted by Gasteiger charge is 2.26. The van der Waals surface area contributed by atoms with Crippen molar-refractivity contribution in [3.05, 3.63) is 23.3 Å². The Morgan fingerprint density at radius 1 is 1.27 bits per heavy atom. The van der Waals surface area contributed by atoms with Gasteiger partial charge < -0.3 is 14.8 Å². The second kappa shape index (κ2) is 3.42. The van der Waals surface area contributed by atoms with Gasteiger partial charge in [-0.3, -0.25) is 0 Å². The zero-order valence-corrected chi connectivity index (χ0v) is 8.88. The Balaban J connectivity index is 2.04. The molecule has 1 aromatic carbocycles. The van der Waals surface area contributed by atoms with Gasteiger partial charge in [0.2, 0.25) is 6.79 Å². The van der Waals surface area contributed by atoms with Crippen LogP contribution in [0.4, 0.5) is 0 Å². The number of rotatable bonds is 1. The van der Waals surface area contributed by atoms with Crippen LogP contribution >= 0.6 is 0 Å². The number of benzene rings is 1. The predicted molar refractivity (Wildman–Crippen MR) is 57.3 cm³/mol. The minimum atomic E-state index is 0.361. The molecule has 1 atom stereocenters. The van der Waals surface area contributed by atoms with Crippen LogP contribution in [0.5, 0.6) is 11.5 Å². The molecule has 2 heterocycles. The van der Waals surface area contributed by atoms with E-state index in [9.17, 15) is 0 Å². The van der Waals surface area contributed by atoms with Crippen molar-refractivity contribution >= 4 is 0 Å². The molecule has 0 bridgehead atoms. The van der Waals surface area contributed by atoms with Crippen molar-refractivity contribution in [3.8, 4) is 11.5 Å². The van der Waals surface area contributed by atoms with Crippen LogP contribution in [0.1, 0.15) is 30.0 Å². The zero-order valence-electron chi connectivity index (χ0n) is 8.88. The van der Waals surface area contributed by atoms with Crippen molar-refractivity contribution in [2.75, 3.05) is 13.3 Å². The SMILES string of the molecule is Cc1ccc(C2CCCN2)c2c1OCO2. The first-order chi connectivity index (χ1) is 7.36. The standard InChI is InChI=1S/C12H15NO2/c1-8-4-5-9(10-3-2-6-13-10)12-11(8)14-7-15-12/h4-5,10,13H,2-3,6-7H2,1H3. The normalized spacial score (nSPS) is 23.4. The average Bonchev–Trinajstić information content (AvgIpc) is 2.88. The lowest BCUT2D eigenvalue weighted by molar-refractivity contribution is 0.172. The Labute approximate surface area is 89.4 Å². The van der Waals surface area contributed by atoms with E-state index >= 15 is 0 Å². The lowest BCUT2D eigenvalue weighted by Gasteiger charge is -2.13. The number of fused-ring (bicyclic) bond motifs is 1. The molecule has 1 N–H and O–H groups in total. The van der Waals surface area contributed by atoms with Crippen molar-refractivity contribution in [1.29, 1.82) is 0 Å². The molecule has 0 aliphatic carbocycles. The van der Waals surface area contributed by atoms with Crippen LogP contribution in [0.3, 0.4) is 0 Å². The molecule has 3 rings (SSSR count). The molecule has 0 amide bonds. The third-order valence-electron chi connectivity index (χ3n) is 3.18. The maximum Gasteiger partial charge on any atom is 0.231 e. The molecule has 2 aliphatic rings. The molecular formula is C12H15NO2. The fourth-order valence-corrected chi connectivity index (χ4v) is 2.38. The summed E-state index contributed by atoms with van der Waals surface area (Å²) in [6.45, 7) is 3.52. The number of hydrogen-bond acceptors (Lipinski definition) is 3. The summed E-state index contributed by atoms with van der Waals surface area (Å²) in [6, 6.07) is 4.72. The van der Waals surface area contributed by atoms with Crippen molar-refractivity contribution in [1.82, 2.24) is 5.32 Å². The molecule has 1 unspecified atom stereocenters. The third kappa shape index (κ3) is 1.38. The van der Waals surface area contributed by atoms with E-state index in [0.717, 1.165) is 23.6 Å². The van der Waals surface area contributed by atoms with Crippen molar-refractivity contribution in [2.45, 2.75) is 25.8 Å². The van der Waals surface area contributed by atoms with E-state index in [4.69, 9.17) is 9.47 Å². The molecule has 3 nitrogen and oxygen atoms in total. The van der Waals surface area contributed by atoms with E-state index in [2.05, 4.69) is 24.4 Å². The molecule has 0 radical (unpaired) electrons. The lowest BCUT2D eigenvalue weighted by Crippen LogP contribution is -2.13. The summed E-state index contributed by atoms with van der Waals surface area (Å²) in [7, 11) is 0. The van der Waals surface area contributed by atoms with Crippen molar-refractivity contribution < 1.29 is 9.47 Å². The zero-order chi connectivity index (χ0) is 10.3. The molecule has 2 aliphatic heterocycles. The monoisotopic (exact) mass is 205 g/mol. The molecule has 0 saturated carbocycles. The molecule has 1 fully saturated rings. The summed E-state index contributed by atoms with van der Waals surface area (Å²) in [4.78, 5) is 0. The summed E-state index contributed by atoms with van der Waals surface area (Å²) < 4.78 is 11.0. The third-order valence-corrected chi connectivity index (χ3v) is 3.18. The highest BCUT2D eigenvalue weighted by atomic mass is 16.7. The molecule has 80 valence electrons. The smallest absolute Gasteiger partial charge is 0.231 e. The van der Waals surface area contributed by atoms with Gasteiger partial charge in [-0.05, 0) is 31.9 Å². The summed E-state index contributed by atoms with van der Waals surface area (Å²) >= 11 is 0. The molecule has 1 aromatic rings. The van der Waals surface area contributed by atoms with Gasteiger partial charge in [0.05, 0.1) is 0 Å². The van der Waals surface area contributed by atoms with E-state index in [-0.39, 0.29) is 0 Å². The topological polar surface area (TPSA) is 30.5 Å². The maximum absolute atomic E-state index is 5.56. The number of nitrogens with one attached hydrogen (secondary N) is 1. The number of ether oxygens (including phenoxy) is 2. The molecule has 3 heteroatoms. The number of hydrogen-bond donors (Lipinski definition) is 1. The number of aryl methyl sites for hydroxylation is 1. The van der Waals surface area contributed by atoms with Gasteiger partial charge in [0, 0.05) is 11.6 Å². The first-order valence-corrected chi connectivity index (χ1v) is 5.49. The van der Waals surface area contributed by atoms with Crippen LogP contribution in [0.25, 0.3) is 0 Å². The van der Waals surface area contributed by atoms with Crippen LogP contribution in [0, 0.1) is 6.92 Å². The van der Waals surface area contributed by atoms with Gasteiger partial charge in [-0.1, -0.05) is 12.1 Å². The minimum absolute atomic E-state index is 0.361. The van der Waals surface area contributed by atoms with Crippen LogP contribution < -0.4 is 14.8 Å². The summed E-state index contributed by atoms with van der Waals surface area (Å²) in [5.41, 5.74) is 2.41. The Kier molecular flexibility index (Phi) is 2.06. The van der Waals surface area contributed by atoms with Gasteiger partial charge in [0.1, 0.15) is 0 Å². The average molecular weight is 205 g/mol. The van der Waals surface area contributed by atoms with E-state index in [1.54, 1.807) is 0 Å². The molecule has 0 aromatic heterocycles. The Morgan fingerprint density at radius 3 is 2.93 bits per heavy atom. The summed E-state index contributed by atoms with van der Waals surface area (Å²) in [5.74, 6) is 1.88. The van der Waals surface area contributed by atoms with Gasteiger partial charge in [0.25, 0.3) is 0 Å².